The number of aliphatic hydroxyl groups excluding tert-OH is 1. The highest BCUT2D eigenvalue weighted by atomic mass is 32.2. The van der Waals surface area contributed by atoms with Crippen molar-refractivity contribution in [3.63, 3.8) is 0 Å². The number of thioether (sulfide) groups is 1. The Morgan fingerprint density at radius 2 is 2.24 bits per heavy atom. The van der Waals surface area contributed by atoms with Crippen molar-refractivity contribution in [3.8, 4) is 0 Å². The molecule has 1 aliphatic heterocycles. The Morgan fingerprint density at radius 3 is 3.00 bits per heavy atom. The average Bonchev–Trinajstić information content (AvgIpc) is 3.18. The van der Waals surface area contributed by atoms with Crippen molar-refractivity contribution in [2.75, 3.05) is 12.4 Å². The first-order valence-corrected chi connectivity index (χ1v) is 8.05. The topological polar surface area (TPSA) is 73.1 Å². The number of benzene rings is 1. The lowest BCUT2D eigenvalue weighted by molar-refractivity contribution is 0.0911. The van der Waals surface area contributed by atoms with Crippen LogP contribution in [0.5, 0.6) is 0 Å². The summed E-state index contributed by atoms with van der Waals surface area (Å²) in [5.41, 5.74) is 0.906. The second kappa shape index (κ2) is 7.02. The van der Waals surface area contributed by atoms with Gasteiger partial charge < -0.3 is 9.84 Å². The van der Waals surface area contributed by atoms with Crippen LogP contribution in [0.15, 0.2) is 35.5 Å². The number of aromatic nitrogens is 4. The quantitative estimate of drug-likeness (QED) is 0.819. The summed E-state index contributed by atoms with van der Waals surface area (Å²) in [6.07, 6.45) is 1.83. The van der Waals surface area contributed by atoms with Gasteiger partial charge in [-0.25, -0.2) is 4.68 Å². The Labute approximate surface area is 127 Å². The minimum Gasteiger partial charge on any atom is -0.388 e. The molecule has 0 spiro atoms. The van der Waals surface area contributed by atoms with Gasteiger partial charge in [-0.3, -0.25) is 0 Å². The van der Waals surface area contributed by atoms with Crippen LogP contribution < -0.4 is 0 Å². The van der Waals surface area contributed by atoms with E-state index in [4.69, 9.17) is 4.74 Å². The van der Waals surface area contributed by atoms with Gasteiger partial charge in [-0.05, 0) is 28.8 Å². The second-order valence-electron chi connectivity index (χ2n) is 5.02. The molecular weight excluding hydrogens is 288 g/mol. The van der Waals surface area contributed by atoms with Crippen LogP contribution in [0.25, 0.3) is 0 Å². The number of hydrogen-bond donors (Lipinski definition) is 1. The van der Waals surface area contributed by atoms with Crippen LogP contribution in [0.3, 0.4) is 0 Å². The summed E-state index contributed by atoms with van der Waals surface area (Å²) in [6, 6.07) is 9.61. The van der Waals surface area contributed by atoms with Crippen molar-refractivity contribution in [2.45, 2.75) is 36.8 Å². The first-order valence-electron chi connectivity index (χ1n) is 7.06. The third-order valence-corrected chi connectivity index (χ3v) is 4.49. The first-order chi connectivity index (χ1) is 10.3. The zero-order valence-corrected chi connectivity index (χ0v) is 12.4. The molecule has 2 atom stereocenters. The van der Waals surface area contributed by atoms with Gasteiger partial charge >= 0.3 is 0 Å². The molecular formula is C14H18N4O2S. The predicted molar refractivity (Wildman–Crippen MR) is 78.9 cm³/mol. The average molecular weight is 306 g/mol. The van der Waals surface area contributed by atoms with E-state index in [1.807, 2.05) is 30.3 Å². The van der Waals surface area contributed by atoms with Crippen LogP contribution in [0, 0.1) is 0 Å². The van der Waals surface area contributed by atoms with Gasteiger partial charge in [0.15, 0.2) is 0 Å². The fraction of sp³-hybridized carbons (Fsp3) is 0.500. The Balaban J connectivity index is 1.57. The van der Waals surface area contributed by atoms with E-state index in [1.165, 1.54) is 11.8 Å². The molecule has 0 unspecified atom stereocenters. The van der Waals surface area contributed by atoms with Crippen LogP contribution in [-0.2, 0) is 11.3 Å². The second-order valence-corrected chi connectivity index (χ2v) is 6.00. The Kier molecular flexibility index (Phi) is 4.84. The highest BCUT2D eigenvalue weighted by molar-refractivity contribution is 7.99. The molecule has 3 rings (SSSR count). The summed E-state index contributed by atoms with van der Waals surface area (Å²) in [6.45, 7) is 1.50. The molecule has 1 aromatic carbocycles. The Bertz CT molecular complexity index is 557. The third kappa shape index (κ3) is 3.81. The molecule has 112 valence electrons. The van der Waals surface area contributed by atoms with Crippen molar-refractivity contribution in [1.29, 1.82) is 0 Å². The zero-order chi connectivity index (χ0) is 14.5. The number of ether oxygens (including phenoxy) is 1. The van der Waals surface area contributed by atoms with Crippen molar-refractivity contribution >= 4 is 11.8 Å². The molecule has 0 radical (unpaired) electrons. The molecule has 6 nitrogen and oxygen atoms in total. The highest BCUT2D eigenvalue weighted by Gasteiger charge is 2.19. The zero-order valence-electron chi connectivity index (χ0n) is 11.6. The van der Waals surface area contributed by atoms with Crippen molar-refractivity contribution in [2.24, 2.45) is 0 Å². The molecule has 0 amide bonds. The highest BCUT2D eigenvalue weighted by Crippen LogP contribution is 2.23. The molecule has 1 aromatic heterocycles. The van der Waals surface area contributed by atoms with Gasteiger partial charge in [0.05, 0.1) is 18.8 Å². The third-order valence-electron chi connectivity index (χ3n) is 3.45. The molecule has 21 heavy (non-hydrogen) atoms. The van der Waals surface area contributed by atoms with Gasteiger partial charge in [0.1, 0.15) is 0 Å². The van der Waals surface area contributed by atoms with Crippen molar-refractivity contribution in [3.05, 3.63) is 35.9 Å². The van der Waals surface area contributed by atoms with Crippen molar-refractivity contribution < 1.29 is 9.84 Å². The maximum Gasteiger partial charge on any atom is 0.209 e. The van der Waals surface area contributed by atoms with Crippen LogP contribution in [-0.4, -0.2) is 43.8 Å². The first kappa shape index (κ1) is 14.5. The number of nitrogens with zero attached hydrogens (tertiary/aromatic N) is 4. The largest absolute Gasteiger partial charge is 0.388 e. The molecule has 1 saturated heterocycles. The van der Waals surface area contributed by atoms with E-state index in [0.29, 0.717) is 12.3 Å². The van der Waals surface area contributed by atoms with Gasteiger partial charge in [-0.1, -0.05) is 42.1 Å². The molecule has 0 bridgehead atoms. The fourth-order valence-corrected chi connectivity index (χ4v) is 3.17. The van der Waals surface area contributed by atoms with Crippen LogP contribution in [0.2, 0.25) is 0 Å². The van der Waals surface area contributed by atoms with Crippen LogP contribution in [0.1, 0.15) is 24.5 Å². The number of tetrazole rings is 1. The molecule has 1 aliphatic rings. The number of aliphatic hydroxyl groups is 1. The predicted octanol–water partition coefficient (Wildman–Crippen LogP) is 1.68. The van der Waals surface area contributed by atoms with Gasteiger partial charge in [0.2, 0.25) is 5.16 Å². The summed E-state index contributed by atoms with van der Waals surface area (Å²) in [5, 5.41) is 22.6. The number of rotatable bonds is 6. The summed E-state index contributed by atoms with van der Waals surface area (Å²) < 4.78 is 7.36. The lowest BCUT2D eigenvalue weighted by Gasteiger charge is -2.12. The monoisotopic (exact) mass is 306 g/mol. The smallest absolute Gasteiger partial charge is 0.209 e. The van der Waals surface area contributed by atoms with Gasteiger partial charge in [-0.15, -0.1) is 5.10 Å². The normalized spacial score (nSPS) is 19.8. The van der Waals surface area contributed by atoms with Gasteiger partial charge in [0, 0.05) is 12.4 Å². The molecule has 1 fully saturated rings. The molecule has 2 heterocycles. The van der Waals surface area contributed by atoms with Crippen LogP contribution >= 0.6 is 11.8 Å². The van der Waals surface area contributed by atoms with E-state index in [0.717, 1.165) is 30.2 Å². The van der Waals surface area contributed by atoms with E-state index in [-0.39, 0.29) is 6.10 Å². The molecule has 0 saturated carbocycles. The minimum atomic E-state index is -0.524. The van der Waals surface area contributed by atoms with E-state index in [1.54, 1.807) is 4.68 Å². The standard InChI is InChI=1S/C14H18N4O2S/c19-13(11-5-2-1-3-6-11)10-21-14-15-16-17-18(14)9-12-7-4-8-20-12/h1-3,5-6,12-13,19H,4,7-10H2/t12-,13+/m0/s1. The summed E-state index contributed by atoms with van der Waals surface area (Å²) in [4.78, 5) is 0. The van der Waals surface area contributed by atoms with Crippen LogP contribution in [0.4, 0.5) is 0 Å². The maximum atomic E-state index is 10.2. The molecule has 2 aromatic rings. The summed E-state index contributed by atoms with van der Waals surface area (Å²) in [7, 11) is 0. The SMILES string of the molecule is O[C@H](CSc1nnnn1C[C@@H]1CCCO1)c1ccccc1. The lowest BCUT2D eigenvalue weighted by atomic mass is 10.1. The summed E-state index contributed by atoms with van der Waals surface area (Å²) in [5.74, 6) is 0.524. The van der Waals surface area contributed by atoms with Crippen molar-refractivity contribution in [1.82, 2.24) is 20.2 Å². The maximum absolute atomic E-state index is 10.2. The Morgan fingerprint density at radius 1 is 1.38 bits per heavy atom. The van der Waals surface area contributed by atoms with E-state index in [9.17, 15) is 5.11 Å². The van der Waals surface area contributed by atoms with Gasteiger partial charge in [-0.2, -0.15) is 0 Å². The fourth-order valence-electron chi connectivity index (χ4n) is 2.32. The van der Waals surface area contributed by atoms with E-state index in [2.05, 4.69) is 15.5 Å². The molecule has 1 N–H and O–H groups in total. The lowest BCUT2D eigenvalue weighted by Crippen LogP contribution is -2.17. The molecule has 7 heteroatoms. The van der Waals surface area contributed by atoms with Gasteiger partial charge in [0.25, 0.3) is 0 Å². The van der Waals surface area contributed by atoms with E-state index < -0.39 is 6.10 Å². The molecule has 0 aliphatic carbocycles. The minimum absolute atomic E-state index is 0.201. The summed E-state index contributed by atoms with van der Waals surface area (Å²) >= 11 is 1.46. The Hall–Kier alpha value is -1.44. The van der Waals surface area contributed by atoms with E-state index >= 15 is 0 Å². The number of hydrogen-bond acceptors (Lipinski definition) is 6.